The summed E-state index contributed by atoms with van der Waals surface area (Å²) in [6, 6.07) is 12.7. The molecule has 0 heterocycles. The first kappa shape index (κ1) is 17.9. The molecular formula is C21H27NO2. The summed E-state index contributed by atoms with van der Waals surface area (Å²) in [5.41, 5.74) is 4.50. The van der Waals surface area contributed by atoms with E-state index in [1.54, 1.807) is 14.2 Å². The lowest BCUT2D eigenvalue weighted by Crippen LogP contribution is -2.21. The van der Waals surface area contributed by atoms with Crippen molar-refractivity contribution < 1.29 is 9.47 Å². The summed E-state index contributed by atoms with van der Waals surface area (Å²) in [5, 5.41) is 0. The summed E-state index contributed by atoms with van der Waals surface area (Å²) in [4.78, 5) is 2.34. The Morgan fingerprint density at radius 3 is 1.79 bits per heavy atom. The second-order valence-corrected chi connectivity index (χ2v) is 5.65. The number of hydrogen-bond acceptors (Lipinski definition) is 3. The van der Waals surface area contributed by atoms with Crippen LogP contribution in [0.25, 0.3) is 12.2 Å². The highest BCUT2D eigenvalue weighted by Crippen LogP contribution is 2.30. The predicted molar refractivity (Wildman–Crippen MR) is 103 cm³/mol. The minimum absolute atomic E-state index is 0.839. The number of rotatable bonds is 7. The van der Waals surface area contributed by atoms with Gasteiger partial charge in [0.2, 0.25) is 0 Å². The Morgan fingerprint density at radius 1 is 0.833 bits per heavy atom. The van der Waals surface area contributed by atoms with Gasteiger partial charge in [-0.05, 0) is 56.2 Å². The van der Waals surface area contributed by atoms with Gasteiger partial charge in [0.05, 0.1) is 14.2 Å². The van der Waals surface area contributed by atoms with E-state index in [0.29, 0.717) is 0 Å². The van der Waals surface area contributed by atoms with E-state index in [0.717, 1.165) is 35.7 Å². The minimum atomic E-state index is 0.839. The van der Waals surface area contributed by atoms with Crippen LogP contribution < -0.4 is 14.4 Å². The van der Waals surface area contributed by atoms with Crippen molar-refractivity contribution in [2.24, 2.45) is 0 Å². The molecule has 0 unspecified atom stereocenters. The van der Waals surface area contributed by atoms with Crippen molar-refractivity contribution in [1.82, 2.24) is 0 Å². The highest BCUT2D eigenvalue weighted by molar-refractivity contribution is 5.72. The highest BCUT2D eigenvalue weighted by Gasteiger charge is 2.07. The zero-order valence-corrected chi connectivity index (χ0v) is 15.3. The van der Waals surface area contributed by atoms with E-state index in [2.05, 4.69) is 55.2 Å². The molecule has 24 heavy (non-hydrogen) atoms. The second kappa shape index (κ2) is 8.44. The van der Waals surface area contributed by atoms with Gasteiger partial charge in [-0.15, -0.1) is 0 Å². The predicted octanol–water partition coefficient (Wildman–Crippen LogP) is 5.03. The molecule has 3 nitrogen and oxygen atoms in total. The molecule has 0 saturated heterocycles. The normalized spacial score (nSPS) is 10.9. The molecule has 0 aliphatic rings. The number of hydrogen-bond donors (Lipinski definition) is 0. The quantitative estimate of drug-likeness (QED) is 0.667. The van der Waals surface area contributed by atoms with Crippen LogP contribution in [0.2, 0.25) is 0 Å². The van der Waals surface area contributed by atoms with Crippen LogP contribution in [0.4, 0.5) is 5.69 Å². The number of nitrogens with zero attached hydrogens (tertiary/aromatic N) is 1. The first-order valence-electron chi connectivity index (χ1n) is 8.38. The van der Waals surface area contributed by atoms with E-state index in [9.17, 15) is 0 Å². The summed E-state index contributed by atoms with van der Waals surface area (Å²) < 4.78 is 10.9. The lowest BCUT2D eigenvalue weighted by molar-refractivity contribution is 0.388. The second-order valence-electron chi connectivity index (χ2n) is 5.65. The minimum Gasteiger partial charge on any atom is -0.496 e. The third kappa shape index (κ3) is 4.10. The van der Waals surface area contributed by atoms with E-state index in [4.69, 9.17) is 9.47 Å². The Labute approximate surface area is 145 Å². The molecule has 0 N–H and O–H groups in total. The number of ether oxygens (including phenoxy) is 2. The van der Waals surface area contributed by atoms with Crippen molar-refractivity contribution in [3.63, 3.8) is 0 Å². The van der Waals surface area contributed by atoms with E-state index >= 15 is 0 Å². The molecule has 0 saturated carbocycles. The molecule has 3 heteroatoms. The molecule has 0 fully saturated rings. The molecule has 0 aromatic heterocycles. The van der Waals surface area contributed by atoms with Crippen molar-refractivity contribution in [1.29, 1.82) is 0 Å². The first-order valence-corrected chi connectivity index (χ1v) is 8.38. The number of anilines is 1. The van der Waals surface area contributed by atoms with Crippen molar-refractivity contribution in [2.45, 2.75) is 20.8 Å². The molecular weight excluding hydrogens is 298 g/mol. The highest BCUT2D eigenvalue weighted by atomic mass is 16.5. The van der Waals surface area contributed by atoms with Crippen LogP contribution in [0.1, 0.15) is 30.5 Å². The van der Waals surface area contributed by atoms with Gasteiger partial charge >= 0.3 is 0 Å². The Morgan fingerprint density at radius 2 is 1.33 bits per heavy atom. The fourth-order valence-corrected chi connectivity index (χ4v) is 2.78. The Hall–Kier alpha value is -2.42. The van der Waals surface area contributed by atoms with Gasteiger partial charge < -0.3 is 14.4 Å². The van der Waals surface area contributed by atoms with E-state index < -0.39 is 0 Å². The molecule has 2 aromatic carbocycles. The van der Waals surface area contributed by atoms with Crippen molar-refractivity contribution >= 4 is 17.8 Å². The van der Waals surface area contributed by atoms with Crippen LogP contribution in [0.5, 0.6) is 11.5 Å². The van der Waals surface area contributed by atoms with Crippen LogP contribution in [0.15, 0.2) is 36.4 Å². The lowest BCUT2D eigenvalue weighted by atomic mass is 10.1. The van der Waals surface area contributed by atoms with Gasteiger partial charge in [-0.2, -0.15) is 0 Å². The zero-order chi connectivity index (χ0) is 17.5. The van der Waals surface area contributed by atoms with Crippen LogP contribution in [0.3, 0.4) is 0 Å². The third-order valence-electron chi connectivity index (χ3n) is 4.26. The Bertz CT molecular complexity index is 660. The molecule has 0 radical (unpaired) electrons. The van der Waals surface area contributed by atoms with E-state index in [-0.39, 0.29) is 0 Å². The lowest BCUT2D eigenvalue weighted by Gasteiger charge is -2.20. The third-order valence-corrected chi connectivity index (χ3v) is 4.26. The van der Waals surface area contributed by atoms with Gasteiger partial charge in [0.15, 0.2) is 0 Å². The molecule has 0 atom stereocenters. The molecule has 128 valence electrons. The Kier molecular flexibility index (Phi) is 6.30. The first-order chi connectivity index (χ1) is 11.6. The van der Waals surface area contributed by atoms with Gasteiger partial charge in [-0.1, -0.05) is 24.3 Å². The fraction of sp³-hybridized carbons (Fsp3) is 0.333. The summed E-state index contributed by atoms with van der Waals surface area (Å²) in [7, 11) is 3.36. The van der Waals surface area contributed by atoms with Crippen molar-refractivity contribution in [3.8, 4) is 11.5 Å². The average Bonchev–Trinajstić information content (AvgIpc) is 2.62. The maximum atomic E-state index is 5.43. The van der Waals surface area contributed by atoms with Gasteiger partial charge in [-0.25, -0.2) is 0 Å². The molecule has 0 amide bonds. The monoisotopic (exact) mass is 325 g/mol. The summed E-state index contributed by atoms with van der Waals surface area (Å²) in [5.74, 6) is 1.68. The summed E-state index contributed by atoms with van der Waals surface area (Å²) >= 11 is 0. The van der Waals surface area contributed by atoms with Gasteiger partial charge in [0.25, 0.3) is 0 Å². The average molecular weight is 325 g/mol. The molecule has 2 rings (SSSR count). The van der Waals surface area contributed by atoms with Crippen LogP contribution in [0, 0.1) is 6.92 Å². The topological polar surface area (TPSA) is 21.7 Å². The van der Waals surface area contributed by atoms with Crippen molar-refractivity contribution in [2.75, 3.05) is 32.2 Å². The van der Waals surface area contributed by atoms with E-state index in [1.165, 1.54) is 11.3 Å². The Balaban J connectivity index is 2.21. The van der Waals surface area contributed by atoms with Crippen LogP contribution in [-0.2, 0) is 0 Å². The molecule has 0 aliphatic carbocycles. The SMILES string of the molecule is CCN(CC)c1ccc(/C=C/c2cc(OC)c(C)c(OC)c2)cc1. The standard InChI is InChI=1S/C21H27NO2/c1-6-22(7-2)19-12-10-17(11-13-19)8-9-18-14-20(23-4)16(3)21(15-18)24-5/h8-15H,6-7H2,1-5H3/b9-8+. The van der Waals surface area contributed by atoms with Gasteiger partial charge in [-0.3, -0.25) is 0 Å². The molecule has 0 spiro atoms. The van der Waals surface area contributed by atoms with Crippen molar-refractivity contribution in [3.05, 3.63) is 53.1 Å². The molecule has 2 aromatic rings. The number of methoxy groups -OCH3 is 2. The maximum Gasteiger partial charge on any atom is 0.126 e. The maximum absolute atomic E-state index is 5.43. The smallest absolute Gasteiger partial charge is 0.126 e. The molecule has 0 bridgehead atoms. The largest absolute Gasteiger partial charge is 0.496 e. The zero-order valence-electron chi connectivity index (χ0n) is 15.3. The summed E-state index contributed by atoms with van der Waals surface area (Å²) in [6.07, 6.45) is 4.19. The number of benzene rings is 2. The van der Waals surface area contributed by atoms with Gasteiger partial charge in [0, 0.05) is 24.3 Å². The van der Waals surface area contributed by atoms with Gasteiger partial charge in [0.1, 0.15) is 11.5 Å². The molecule has 0 aliphatic heterocycles. The van der Waals surface area contributed by atoms with Crippen LogP contribution in [-0.4, -0.2) is 27.3 Å². The van der Waals surface area contributed by atoms with E-state index in [1.807, 2.05) is 19.1 Å². The summed E-state index contributed by atoms with van der Waals surface area (Å²) in [6.45, 7) is 8.39. The van der Waals surface area contributed by atoms with Crippen LogP contribution >= 0.6 is 0 Å². The fourth-order valence-electron chi connectivity index (χ4n) is 2.78.